The van der Waals surface area contributed by atoms with Crippen molar-refractivity contribution >= 4 is 0 Å². The number of nitrogens with zero attached hydrogens (tertiary/aromatic N) is 1. The van der Waals surface area contributed by atoms with Gasteiger partial charge in [-0.15, -0.1) is 0 Å². The Morgan fingerprint density at radius 2 is 2.17 bits per heavy atom. The van der Waals surface area contributed by atoms with Gasteiger partial charge in [-0.2, -0.15) is 0 Å². The summed E-state index contributed by atoms with van der Waals surface area (Å²) < 4.78 is 0. The minimum absolute atomic E-state index is 0.643. The molecule has 0 radical (unpaired) electrons. The zero-order valence-corrected chi connectivity index (χ0v) is 11.9. The molecule has 0 aromatic heterocycles. The molecule has 18 heavy (non-hydrogen) atoms. The van der Waals surface area contributed by atoms with Crippen LogP contribution in [0.1, 0.15) is 37.3 Å². The van der Waals surface area contributed by atoms with Crippen LogP contribution in [0.2, 0.25) is 0 Å². The zero-order valence-electron chi connectivity index (χ0n) is 11.9. The van der Waals surface area contributed by atoms with Crippen LogP contribution >= 0.6 is 0 Å². The summed E-state index contributed by atoms with van der Waals surface area (Å²) in [7, 11) is 2.25. The Morgan fingerprint density at radius 3 is 2.94 bits per heavy atom. The lowest BCUT2D eigenvalue weighted by Crippen LogP contribution is -2.36. The van der Waals surface area contributed by atoms with Crippen molar-refractivity contribution in [2.45, 2.75) is 32.7 Å². The maximum absolute atomic E-state index is 3.54. The van der Waals surface area contributed by atoms with Gasteiger partial charge in [-0.05, 0) is 24.1 Å². The molecule has 2 atom stereocenters. The molecular formula is C16H26N2. The number of likely N-dealkylation sites (N-methyl/N-ethyl adjacent to an activating group) is 1. The van der Waals surface area contributed by atoms with Crippen molar-refractivity contribution in [2.75, 3.05) is 26.7 Å². The lowest BCUT2D eigenvalue weighted by molar-refractivity contribution is 0.260. The fraction of sp³-hybridized carbons (Fsp3) is 0.625. The van der Waals surface area contributed by atoms with E-state index in [1.807, 2.05) is 0 Å². The van der Waals surface area contributed by atoms with Crippen molar-refractivity contribution in [2.24, 2.45) is 5.92 Å². The van der Waals surface area contributed by atoms with Gasteiger partial charge in [-0.1, -0.05) is 44.5 Å². The van der Waals surface area contributed by atoms with Gasteiger partial charge in [0.15, 0.2) is 0 Å². The van der Waals surface area contributed by atoms with Crippen LogP contribution in [-0.2, 0) is 6.54 Å². The van der Waals surface area contributed by atoms with E-state index in [1.165, 1.54) is 18.5 Å². The molecule has 0 aliphatic carbocycles. The first-order chi connectivity index (χ1) is 8.70. The lowest BCUT2D eigenvalue weighted by Gasteiger charge is -2.31. The molecule has 1 aromatic rings. The Bertz CT molecular complexity index is 375. The quantitative estimate of drug-likeness (QED) is 0.859. The number of hydrogen-bond acceptors (Lipinski definition) is 2. The summed E-state index contributed by atoms with van der Waals surface area (Å²) in [4.78, 5) is 2.49. The van der Waals surface area contributed by atoms with E-state index in [2.05, 4.69) is 55.4 Å². The van der Waals surface area contributed by atoms with E-state index in [9.17, 15) is 0 Å². The third-order valence-corrected chi connectivity index (χ3v) is 4.05. The minimum atomic E-state index is 0.643. The van der Waals surface area contributed by atoms with E-state index in [-0.39, 0.29) is 0 Å². The van der Waals surface area contributed by atoms with Gasteiger partial charge in [-0.3, -0.25) is 0 Å². The number of benzene rings is 1. The first kappa shape index (κ1) is 13.6. The summed E-state index contributed by atoms with van der Waals surface area (Å²) in [6, 6.07) is 8.87. The van der Waals surface area contributed by atoms with Crippen LogP contribution in [0.25, 0.3) is 0 Å². The van der Waals surface area contributed by atoms with Crippen LogP contribution < -0.4 is 5.32 Å². The third kappa shape index (κ3) is 3.33. The van der Waals surface area contributed by atoms with Crippen molar-refractivity contribution in [3.05, 3.63) is 35.4 Å². The molecule has 0 spiro atoms. The second kappa shape index (κ2) is 6.35. The number of fused-ring (bicyclic) bond motifs is 1. The predicted octanol–water partition coefficient (Wildman–Crippen LogP) is 2.85. The Kier molecular flexibility index (Phi) is 4.79. The largest absolute Gasteiger partial charge is 0.312 e. The lowest BCUT2D eigenvalue weighted by atomic mass is 9.90. The zero-order chi connectivity index (χ0) is 13.0. The Hall–Kier alpha value is -0.860. The topological polar surface area (TPSA) is 15.3 Å². The summed E-state index contributed by atoms with van der Waals surface area (Å²) in [6.45, 7) is 9.12. The van der Waals surface area contributed by atoms with Crippen LogP contribution in [0.5, 0.6) is 0 Å². The van der Waals surface area contributed by atoms with Crippen molar-refractivity contribution in [1.29, 1.82) is 0 Å². The van der Waals surface area contributed by atoms with Crippen molar-refractivity contribution in [3.63, 3.8) is 0 Å². The third-order valence-electron chi connectivity index (χ3n) is 4.05. The number of rotatable bonds is 5. The predicted molar refractivity (Wildman–Crippen MR) is 77.8 cm³/mol. The van der Waals surface area contributed by atoms with Gasteiger partial charge in [0.1, 0.15) is 0 Å². The smallest absolute Gasteiger partial charge is 0.0208 e. The van der Waals surface area contributed by atoms with Crippen LogP contribution in [0.3, 0.4) is 0 Å². The van der Waals surface area contributed by atoms with E-state index in [1.54, 1.807) is 5.56 Å². The van der Waals surface area contributed by atoms with E-state index >= 15 is 0 Å². The molecule has 0 amide bonds. The SMILES string of the molecule is CCC(C)CN(C)CC1CNCc2ccccc21. The molecule has 1 aromatic carbocycles. The average molecular weight is 246 g/mol. The molecule has 100 valence electrons. The van der Waals surface area contributed by atoms with E-state index in [0.717, 1.165) is 25.6 Å². The Morgan fingerprint density at radius 1 is 1.39 bits per heavy atom. The summed E-state index contributed by atoms with van der Waals surface area (Å²) in [6.07, 6.45) is 1.27. The Balaban J connectivity index is 1.98. The molecule has 2 heteroatoms. The van der Waals surface area contributed by atoms with Gasteiger partial charge in [0.25, 0.3) is 0 Å². The molecule has 0 fully saturated rings. The molecular weight excluding hydrogens is 220 g/mol. The number of hydrogen-bond donors (Lipinski definition) is 1. The molecule has 0 saturated heterocycles. The molecule has 0 bridgehead atoms. The van der Waals surface area contributed by atoms with Gasteiger partial charge in [0.05, 0.1) is 0 Å². The van der Waals surface area contributed by atoms with E-state index in [4.69, 9.17) is 0 Å². The highest BCUT2D eigenvalue weighted by atomic mass is 15.1. The highest BCUT2D eigenvalue weighted by molar-refractivity contribution is 5.32. The van der Waals surface area contributed by atoms with Crippen LogP contribution in [0, 0.1) is 5.92 Å². The molecule has 1 aliphatic heterocycles. The Labute approximate surface area is 111 Å². The average Bonchev–Trinajstić information content (AvgIpc) is 2.39. The van der Waals surface area contributed by atoms with E-state index < -0.39 is 0 Å². The molecule has 2 rings (SSSR count). The molecule has 1 heterocycles. The minimum Gasteiger partial charge on any atom is -0.312 e. The van der Waals surface area contributed by atoms with Crippen molar-refractivity contribution in [3.8, 4) is 0 Å². The molecule has 2 nitrogen and oxygen atoms in total. The van der Waals surface area contributed by atoms with Crippen LogP contribution in [0.4, 0.5) is 0 Å². The molecule has 0 saturated carbocycles. The van der Waals surface area contributed by atoms with Gasteiger partial charge >= 0.3 is 0 Å². The maximum Gasteiger partial charge on any atom is 0.0208 e. The summed E-state index contributed by atoms with van der Waals surface area (Å²) in [5.41, 5.74) is 3.03. The first-order valence-electron chi connectivity index (χ1n) is 7.17. The second-order valence-electron chi connectivity index (χ2n) is 5.76. The number of nitrogens with one attached hydrogen (secondary N) is 1. The fourth-order valence-corrected chi connectivity index (χ4v) is 2.86. The van der Waals surface area contributed by atoms with Crippen LogP contribution in [0.15, 0.2) is 24.3 Å². The standard InChI is InChI=1S/C16H26N2/c1-4-13(2)11-18(3)12-15-10-17-9-14-7-5-6-8-16(14)15/h5-8,13,15,17H,4,9-12H2,1-3H3. The van der Waals surface area contributed by atoms with Gasteiger partial charge in [0, 0.05) is 32.1 Å². The summed E-state index contributed by atoms with van der Waals surface area (Å²) in [5.74, 6) is 1.44. The first-order valence-corrected chi connectivity index (χ1v) is 7.17. The normalized spacial score (nSPS) is 20.8. The molecule has 1 aliphatic rings. The van der Waals surface area contributed by atoms with Crippen molar-refractivity contribution < 1.29 is 0 Å². The van der Waals surface area contributed by atoms with Crippen LogP contribution in [-0.4, -0.2) is 31.6 Å². The molecule has 2 unspecified atom stereocenters. The van der Waals surface area contributed by atoms with Crippen molar-refractivity contribution in [1.82, 2.24) is 10.2 Å². The fourth-order valence-electron chi connectivity index (χ4n) is 2.86. The van der Waals surface area contributed by atoms with Gasteiger partial charge < -0.3 is 10.2 Å². The van der Waals surface area contributed by atoms with E-state index in [0.29, 0.717) is 5.92 Å². The highest BCUT2D eigenvalue weighted by Gasteiger charge is 2.20. The monoisotopic (exact) mass is 246 g/mol. The highest BCUT2D eigenvalue weighted by Crippen LogP contribution is 2.24. The summed E-state index contributed by atoms with van der Waals surface area (Å²) in [5, 5.41) is 3.54. The second-order valence-corrected chi connectivity index (χ2v) is 5.76. The van der Waals surface area contributed by atoms with Gasteiger partial charge in [-0.25, -0.2) is 0 Å². The van der Waals surface area contributed by atoms with Gasteiger partial charge in [0.2, 0.25) is 0 Å². The maximum atomic E-state index is 3.54. The summed E-state index contributed by atoms with van der Waals surface area (Å²) >= 11 is 0. The molecule has 1 N–H and O–H groups in total.